The van der Waals surface area contributed by atoms with Crippen molar-refractivity contribution in [3.8, 4) is 0 Å². The van der Waals surface area contributed by atoms with Gasteiger partial charge in [0.15, 0.2) is 0 Å². The molecular weight excluding hydrogens is 639 g/mol. The Morgan fingerprint density at radius 2 is 1.59 bits per heavy atom. The molecule has 1 aliphatic rings. The highest BCUT2D eigenvalue weighted by atomic mass is 19.4. The first-order valence-corrected chi connectivity index (χ1v) is 16.0. The van der Waals surface area contributed by atoms with Gasteiger partial charge >= 0.3 is 12.1 Å². The number of nitrogens with two attached hydrogens (primary N) is 1. The van der Waals surface area contributed by atoms with Crippen molar-refractivity contribution in [3.05, 3.63) is 107 Å². The van der Waals surface area contributed by atoms with E-state index in [1.165, 1.54) is 0 Å². The average molecular weight is 680 g/mol. The zero-order valence-electron chi connectivity index (χ0n) is 27.0. The molecule has 49 heavy (non-hydrogen) atoms. The Hall–Kier alpha value is -5.17. The van der Waals surface area contributed by atoms with Crippen molar-refractivity contribution in [1.29, 1.82) is 0 Å². The van der Waals surface area contributed by atoms with Crippen LogP contribution in [-0.4, -0.2) is 63.5 Å². The van der Waals surface area contributed by atoms with Gasteiger partial charge in [-0.25, -0.2) is 4.79 Å². The number of halogens is 3. The number of para-hydroxylation sites is 1. The maximum atomic E-state index is 14.3. The summed E-state index contributed by atoms with van der Waals surface area (Å²) in [7, 11) is 0. The van der Waals surface area contributed by atoms with E-state index in [9.17, 15) is 27.6 Å². The highest BCUT2D eigenvalue weighted by Gasteiger charge is 2.39. The second kappa shape index (κ2) is 16.8. The molecule has 3 aromatic carbocycles. The lowest BCUT2D eigenvalue weighted by atomic mass is 10.0. The first-order valence-electron chi connectivity index (χ1n) is 16.0. The van der Waals surface area contributed by atoms with Gasteiger partial charge in [-0.05, 0) is 55.5 Å². The fraction of sp³-hybridized carbons (Fsp3) is 0.333. The molecule has 4 aromatic rings. The molecule has 6 N–H and O–H groups in total. The summed E-state index contributed by atoms with van der Waals surface area (Å²) in [5.74, 6) is -3.46. The minimum Gasteiger partial charge on any atom is -0.475 e. The van der Waals surface area contributed by atoms with Crippen molar-refractivity contribution in [2.75, 3.05) is 6.54 Å². The number of rotatable bonds is 11. The van der Waals surface area contributed by atoms with Crippen LogP contribution in [-0.2, 0) is 38.6 Å². The van der Waals surface area contributed by atoms with Gasteiger partial charge < -0.3 is 31.4 Å². The molecule has 0 fully saturated rings. The number of aromatic nitrogens is 1. The smallest absolute Gasteiger partial charge is 0.475 e. The molecule has 13 heteroatoms. The Labute approximate surface area is 281 Å². The molecule has 0 bridgehead atoms. The molecule has 260 valence electrons. The number of nitrogens with one attached hydrogen (secondary N) is 3. The lowest BCUT2D eigenvalue weighted by molar-refractivity contribution is -0.192. The molecule has 0 aliphatic carbocycles. The van der Waals surface area contributed by atoms with Gasteiger partial charge in [-0.1, -0.05) is 78.9 Å². The summed E-state index contributed by atoms with van der Waals surface area (Å²) in [5, 5.41) is 14.3. The molecule has 1 aromatic heterocycles. The number of hydrogen-bond donors (Lipinski definition) is 5. The second-order valence-electron chi connectivity index (χ2n) is 11.8. The predicted molar refractivity (Wildman–Crippen MR) is 178 cm³/mol. The van der Waals surface area contributed by atoms with Gasteiger partial charge in [-0.3, -0.25) is 14.4 Å². The summed E-state index contributed by atoms with van der Waals surface area (Å²) in [6.45, 7) is 2.69. The van der Waals surface area contributed by atoms with Crippen LogP contribution in [0.3, 0.4) is 0 Å². The summed E-state index contributed by atoms with van der Waals surface area (Å²) in [6.07, 6.45) is -2.67. The first kappa shape index (κ1) is 36.7. The number of nitrogens with zero attached hydrogens (tertiary/aromatic N) is 1. The summed E-state index contributed by atoms with van der Waals surface area (Å²) >= 11 is 0. The third kappa shape index (κ3) is 9.92. The van der Waals surface area contributed by atoms with Gasteiger partial charge in [0.05, 0.1) is 19.0 Å². The van der Waals surface area contributed by atoms with E-state index in [1.54, 1.807) is 4.90 Å². The van der Waals surface area contributed by atoms with E-state index in [0.717, 1.165) is 39.7 Å². The van der Waals surface area contributed by atoms with Crippen LogP contribution in [0.2, 0.25) is 0 Å². The third-order valence-corrected chi connectivity index (χ3v) is 8.27. The predicted octanol–water partition coefficient (Wildman–Crippen LogP) is 4.79. The van der Waals surface area contributed by atoms with E-state index >= 15 is 0 Å². The Morgan fingerprint density at radius 1 is 0.980 bits per heavy atom. The van der Waals surface area contributed by atoms with Crippen LogP contribution in [0.15, 0.2) is 84.9 Å². The lowest BCUT2D eigenvalue weighted by Gasteiger charge is -2.33. The van der Waals surface area contributed by atoms with Crippen molar-refractivity contribution in [2.24, 2.45) is 5.73 Å². The summed E-state index contributed by atoms with van der Waals surface area (Å²) in [5.41, 5.74) is 10.5. The number of amides is 3. The number of carboxylic acid groups (broad SMARTS) is 1. The zero-order valence-corrected chi connectivity index (χ0v) is 27.0. The van der Waals surface area contributed by atoms with Crippen molar-refractivity contribution >= 4 is 34.6 Å². The standard InChI is InChI=1S/C34H39N5O3.C2HF3O2/c1-23(25-14-6-3-7-15-25)36-33(41)31(18-10-11-19-35)39-22-30-27(26-16-8-9-17-28(26)37-30)21-29(34(39)42)38-32(40)20-24-12-4-2-5-13-24;3-2(4,5)1(6)7/h2-9,12-17,23,29,31,37H,10-11,18-22,35H2,1H3,(H,36,41)(H,38,40);(H,6,7)/t23-,29+,31-;/m0./s1. The Morgan fingerprint density at radius 3 is 2.22 bits per heavy atom. The van der Waals surface area contributed by atoms with Gasteiger partial charge in [-0.15, -0.1) is 0 Å². The van der Waals surface area contributed by atoms with Crippen LogP contribution in [0.1, 0.15) is 54.6 Å². The summed E-state index contributed by atoms with van der Waals surface area (Å²) in [6, 6.07) is 25.4. The van der Waals surface area contributed by atoms with Crippen molar-refractivity contribution in [2.45, 2.75) is 69.9 Å². The van der Waals surface area contributed by atoms with E-state index in [0.29, 0.717) is 25.8 Å². The number of aromatic amines is 1. The van der Waals surface area contributed by atoms with E-state index < -0.39 is 24.2 Å². The van der Waals surface area contributed by atoms with Gasteiger partial charge in [0.2, 0.25) is 17.7 Å². The van der Waals surface area contributed by atoms with Crippen molar-refractivity contribution < 1.29 is 37.5 Å². The first-order chi connectivity index (χ1) is 23.4. The van der Waals surface area contributed by atoms with Crippen LogP contribution < -0.4 is 16.4 Å². The second-order valence-corrected chi connectivity index (χ2v) is 11.8. The van der Waals surface area contributed by atoms with Crippen LogP contribution in [0, 0.1) is 0 Å². The lowest BCUT2D eigenvalue weighted by Crippen LogP contribution is -2.55. The summed E-state index contributed by atoms with van der Waals surface area (Å²) in [4.78, 5) is 55.4. The molecule has 0 spiro atoms. The minimum atomic E-state index is -5.08. The molecular formula is C36H40F3N5O5. The van der Waals surface area contributed by atoms with E-state index in [4.69, 9.17) is 15.6 Å². The van der Waals surface area contributed by atoms with Gasteiger partial charge in [0.25, 0.3) is 0 Å². The Kier molecular flexibility index (Phi) is 12.6. The zero-order chi connectivity index (χ0) is 35.6. The topological polar surface area (TPSA) is 158 Å². The maximum absolute atomic E-state index is 14.3. The number of alkyl halides is 3. The number of unbranched alkanes of at least 4 members (excludes halogenated alkanes) is 1. The molecule has 5 rings (SSSR count). The van der Waals surface area contributed by atoms with E-state index in [2.05, 4.69) is 15.6 Å². The van der Waals surface area contributed by atoms with Crippen molar-refractivity contribution in [3.63, 3.8) is 0 Å². The largest absolute Gasteiger partial charge is 0.490 e. The van der Waals surface area contributed by atoms with Gasteiger partial charge in [0.1, 0.15) is 12.1 Å². The highest BCUT2D eigenvalue weighted by molar-refractivity contribution is 5.95. The highest BCUT2D eigenvalue weighted by Crippen LogP contribution is 2.30. The van der Waals surface area contributed by atoms with Crippen LogP contribution in [0.5, 0.6) is 0 Å². The quantitative estimate of drug-likeness (QED) is 0.144. The SMILES string of the molecule is C[C@H](NC(=O)[C@H](CCCCN)N1Cc2[nH]c3ccccc3c2C[C@@H](NC(=O)Cc2ccccc2)C1=O)c1ccccc1.O=C(O)C(F)(F)F. The fourth-order valence-electron chi connectivity index (χ4n) is 5.81. The molecule has 10 nitrogen and oxygen atoms in total. The number of aliphatic carboxylic acids is 1. The number of H-pyrrole nitrogens is 1. The molecule has 2 heterocycles. The van der Waals surface area contributed by atoms with Crippen LogP contribution in [0.4, 0.5) is 13.2 Å². The summed E-state index contributed by atoms with van der Waals surface area (Å²) < 4.78 is 31.7. The van der Waals surface area contributed by atoms with Gasteiger partial charge in [-0.2, -0.15) is 13.2 Å². The molecule has 0 unspecified atom stereocenters. The monoisotopic (exact) mass is 679 g/mol. The number of carbonyl (C=O) groups is 4. The maximum Gasteiger partial charge on any atom is 0.490 e. The number of carboxylic acids is 1. The molecule has 0 saturated carbocycles. The molecule has 1 aliphatic heterocycles. The number of hydrogen-bond acceptors (Lipinski definition) is 5. The normalized spacial score (nSPS) is 15.7. The molecule has 0 radical (unpaired) electrons. The van der Waals surface area contributed by atoms with Crippen LogP contribution in [0.25, 0.3) is 10.9 Å². The number of benzene rings is 3. The Bertz CT molecular complexity index is 1730. The van der Waals surface area contributed by atoms with Crippen LogP contribution >= 0.6 is 0 Å². The Balaban J connectivity index is 0.000000698. The van der Waals surface area contributed by atoms with E-state index in [1.807, 2.05) is 91.9 Å². The fourth-order valence-corrected chi connectivity index (χ4v) is 5.81. The molecule has 3 amide bonds. The third-order valence-electron chi connectivity index (χ3n) is 8.27. The molecule has 0 saturated heterocycles. The van der Waals surface area contributed by atoms with Gasteiger partial charge in [0, 0.05) is 23.0 Å². The molecule has 3 atom stereocenters. The number of carbonyl (C=O) groups excluding carboxylic acids is 3. The van der Waals surface area contributed by atoms with Crippen molar-refractivity contribution in [1.82, 2.24) is 20.5 Å². The minimum absolute atomic E-state index is 0.167. The average Bonchev–Trinajstić information content (AvgIpc) is 3.36. The van der Waals surface area contributed by atoms with E-state index in [-0.39, 0.29) is 36.7 Å². The number of fused-ring (bicyclic) bond motifs is 3.